The first-order valence-electron chi connectivity index (χ1n) is 4.98. The molecule has 0 aromatic carbocycles. The number of nitrogens with zero attached hydrogens (tertiary/aromatic N) is 1. The molecular weight excluding hydrogens is 222 g/mol. The maximum atomic E-state index is 5.74. The third-order valence-corrected chi connectivity index (χ3v) is 2.65. The van der Waals surface area contributed by atoms with Gasteiger partial charge in [-0.05, 0) is 30.5 Å². The first-order chi connectivity index (χ1) is 7.79. The zero-order chi connectivity index (χ0) is 11.4. The van der Waals surface area contributed by atoms with Crippen molar-refractivity contribution in [3.05, 3.63) is 29.0 Å². The summed E-state index contributed by atoms with van der Waals surface area (Å²) in [6, 6.07) is 5.60. The number of rotatable bonds is 4. The molecule has 0 aliphatic heterocycles. The minimum absolute atomic E-state index is 0.475. The molecule has 0 aliphatic carbocycles. The maximum Gasteiger partial charge on any atom is 0.239 e. The topological polar surface area (TPSA) is 60.2 Å². The van der Waals surface area contributed by atoms with Crippen LogP contribution in [-0.4, -0.2) is 11.6 Å². The second-order valence-corrected chi connectivity index (χ2v) is 3.94. The lowest BCUT2D eigenvalue weighted by molar-refractivity contribution is 0.329. The SMILES string of the molecule is CCOc1nc(Nc2ccsc2)ccc1N. The molecule has 0 saturated heterocycles. The number of hydrogen-bond donors (Lipinski definition) is 2. The van der Waals surface area contributed by atoms with Gasteiger partial charge in [0.15, 0.2) is 0 Å². The van der Waals surface area contributed by atoms with Crippen molar-refractivity contribution in [3.8, 4) is 5.88 Å². The van der Waals surface area contributed by atoms with Crippen LogP contribution in [0.15, 0.2) is 29.0 Å². The molecule has 0 unspecified atom stereocenters. The molecule has 0 saturated carbocycles. The van der Waals surface area contributed by atoms with Gasteiger partial charge in [-0.3, -0.25) is 0 Å². The minimum atomic E-state index is 0.475. The van der Waals surface area contributed by atoms with Crippen molar-refractivity contribution in [3.63, 3.8) is 0 Å². The fourth-order valence-electron chi connectivity index (χ4n) is 1.26. The monoisotopic (exact) mass is 235 g/mol. The molecule has 0 bridgehead atoms. The van der Waals surface area contributed by atoms with E-state index in [1.165, 1.54) is 0 Å². The van der Waals surface area contributed by atoms with Crippen LogP contribution >= 0.6 is 11.3 Å². The molecule has 0 amide bonds. The largest absolute Gasteiger partial charge is 0.476 e. The second kappa shape index (κ2) is 4.85. The van der Waals surface area contributed by atoms with Crippen LogP contribution in [0.3, 0.4) is 0 Å². The quantitative estimate of drug-likeness (QED) is 0.855. The Labute approximate surface area is 98.1 Å². The molecule has 16 heavy (non-hydrogen) atoms. The summed E-state index contributed by atoms with van der Waals surface area (Å²) in [5, 5.41) is 7.19. The highest BCUT2D eigenvalue weighted by Crippen LogP contribution is 2.23. The standard InChI is InChI=1S/C11H13N3OS/c1-2-15-11-9(12)3-4-10(14-11)13-8-5-6-16-7-8/h3-7H,2,12H2,1H3,(H,13,14). The van der Waals surface area contributed by atoms with E-state index in [1.807, 2.05) is 29.8 Å². The van der Waals surface area contributed by atoms with Gasteiger partial charge in [0.05, 0.1) is 18.0 Å². The smallest absolute Gasteiger partial charge is 0.239 e. The van der Waals surface area contributed by atoms with Gasteiger partial charge in [-0.25, -0.2) is 0 Å². The van der Waals surface area contributed by atoms with Gasteiger partial charge in [0, 0.05) is 5.38 Å². The third kappa shape index (κ3) is 2.43. The van der Waals surface area contributed by atoms with Crippen molar-refractivity contribution in [2.75, 3.05) is 17.7 Å². The van der Waals surface area contributed by atoms with E-state index in [0.29, 0.717) is 18.2 Å². The van der Waals surface area contributed by atoms with Gasteiger partial charge in [-0.15, -0.1) is 0 Å². The van der Waals surface area contributed by atoms with Gasteiger partial charge in [0.25, 0.3) is 0 Å². The minimum Gasteiger partial charge on any atom is -0.476 e. The molecular formula is C11H13N3OS. The van der Waals surface area contributed by atoms with E-state index in [9.17, 15) is 0 Å². The summed E-state index contributed by atoms with van der Waals surface area (Å²) in [6.07, 6.45) is 0. The molecule has 2 aromatic rings. The Morgan fingerprint density at radius 1 is 1.44 bits per heavy atom. The fourth-order valence-corrected chi connectivity index (χ4v) is 1.84. The average molecular weight is 235 g/mol. The molecule has 0 aliphatic rings. The van der Waals surface area contributed by atoms with Crippen LogP contribution in [0.4, 0.5) is 17.2 Å². The normalized spacial score (nSPS) is 10.1. The number of hydrogen-bond acceptors (Lipinski definition) is 5. The van der Waals surface area contributed by atoms with Crippen LogP contribution in [0.2, 0.25) is 0 Å². The van der Waals surface area contributed by atoms with E-state index in [0.717, 1.165) is 11.5 Å². The Morgan fingerprint density at radius 3 is 3.00 bits per heavy atom. The highest BCUT2D eigenvalue weighted by Gasteiger charge is 2.03. The highest BCUT2D eigenvalue weighted by atomic mass is 32.1. The molecule has 5 heteroatoms. The predicted octanol–water partition coefficient (Wildman–Crippen LogP) is 2.87. The summed E-state index contributed by atoms with van der Waals surface area (Å²) in [5.74, 6) is 1.21. The van der Waals surface area contributed by atoms with Crippen LogP contribution in [0.25, 0.3) is 0 Å². The molecule has 0 atom stereocenters. The summed E-state index contributed by atoms with van der Waals surface area (Å²) >= 11 is 1.63. The number of nitrogen functional groups attached to an aromatic ring is 1. The summed E-state index contributed by atoms with van der Waals surface area (Å²) in [4.78, 5) is 4.28. The summed E-state index contributed by atoms with van der Waals surface area (Å²) in [5.41, 5.74) is 7.31. The fraction of sp³-hybridized carbons (Fsp3) is 0.182. The number of pyridine rings is 1. The molecule has 4 nitrogen and oxygen atoms in total. The van der Waals surface area contributed by atoms with Crippen molar-refractivity contribution in [1.29, 1.82) is 0 Å². The molecule has 84 valence electrons. The van der Waals surface area contributed by atoms with Crippen molar-refractivity contribution < 1.29 is 4.74 Å². The Bertz CT molecular complexity index is 456. The number of nitrogens with two attached hydrogens (primary N) is 1. The molecule has 2 aromatic heterocycles. The molecule has 0 radical (unpaired) electrons. The Balaban J connectivity index is 2.19. The number of ether oxygens (including phenoxy) is 1. The molecule has 2 heterocycles. The number of aromatic nitrogens is 1. The van der Waals surface area contributed by atoms with Gasteiger partial charge in [-0.1, -0.05) is 0 Å². The lowest BCUT2D eigenvalue weighted by atomic mass is 10.4. The highest BCUT2D eigenvalue weighted by molar-refractivity contribution is 7.08. The zero-order valence-electron chi connectivity index (χ0n) is 8.93. The molecule has 0 spiro atoms. The van der Waals surface area contributed by atoms with E-state index >= 15 is 0 Å². The molecule has 0 fully saturated rings. The first kappa shape index (κ1) is 10.8. The third-order valence-electron chi connectivity index (χ3n) is 1.96. The van der Waals surface area contributed by atoms with E-state index in [1.54, 1.807) is 17.4 Å². The van der Waals surface area contributed by atoms with Gasteiger partial charge >= 0.3 is 0 Å². The number of thiophene rings is 1. The van der Waals surface area contributed by atoms with Crippen molar-refractivity contribution in [2.45, 2.75) is 6.92 Å². The zero-order valence-corrected chi connectivity index (χ0v) is 9.75. The Morgan fingerprint density at radius 2 is 2.31 bits per heavy atom. The summed E-state index contributed by atoms with van der Waals surface area (Å²) in [6.45, 7) is 2.46. The van der Waals surface area contributed by atoms with Gasteiger partial charge in [0.1, 0.15) is 5.82 Å². The lowest BCUT2D eigenvalue weighted by Gasteiger charge is -2.08. The lowest BCUT2D eigenvalue weighted by Crippen LogP contribution is -2.01. The van der Waals surface area contributed by atoms with Crippen LogP contribution in [-0.2, 0) is 0 Å². The van der Waals surface area contributed by atoms with Gasteiger partial charge in [0.2, 0.25) is 5.88 Å². The van der Waals surface area contributed by atoms with E-state index in [2.05, 4.69) is 10.3 Å². The van der Waals surface area contributed by atoms with Crippen LogP contribution in [0, 0.1) is 0 Å². The van der Waals surface area contributed by atoms with Crippen molar-refractivity contribution in [1.82, 2.24) is 4.98 Å². The Kier molecular flexibility index (Phi) is 3.26. The van der Waals surface area contributed by atoms with Crippen molar-refractivity contribution in [2.24, 2.45) is 0 Å². The number of anilines is 3. The number of nitrogens with one attached hydrogen (secondary N) is 1. The molecule has 2 rings (SSSR count). The summed E-state index contributed by atoms with van der Waals surface area (Å²) < 4.78 is 5.32. The van der Waals surface area contributed by atoms with Gasteiger partial charge < -0.3 is 15.8 Å². The van der Waals surface area contributed by atoms with Gasteiger partial charge in [-0.2, -0.15) is 16.3 Å². The summed E-state index contributed by atoms with van der Waals surface area (Å²) in [7, 11) is 0. The van der Waals surface area contributed by atoms with E-state index in [-0.39, 0.29) is 0 Å². The second-order valence-electron chi connectivity index (χ2n) is 3.16. The van der Waals surface area contributed by atoms with E-state index < -0.39 is 0 Å². The van der Waals surface area contributed by atoms with Crippen LogP contribution in [0.1, 0.15) is 6.92 Å². The van der Waals surface area contributed by atoms with Crippen LogP contribution < -0.4 is 15.8 Å². The molecule has 3 N–H and O–H groups in total. The average Bonchev–Trinajstić information content (AvgIpc) is 2.76. The first-order valence-corrected chi connectivity index (χ1v) is 5.92. The van der Waals surface area contributed by atoms with E-state index in [4.69, 9.17) is 10.5 Å². The van der Waals surface area contributed by atoms with Crippen molar-refractivity contribution >= 4 is 28.5 Å². The maximum absolute atomic E-state index is 5.74. The Hall–Kier alpha value is -1.75. The van der Waals surface area contributed by atoms with Crippen LogP contribution in [0.5, 0.6) is 5.88 Å². The predicted molar refractivity (Wildman–Crippen MR) is 67.4 cm³/mol.